The Morgan fingerprint density at radius 3 is 2.50 bits per heavy atom. The van der Waals surface area contributed by atoms with Gasteiger partial charge in [-0.2, -0.15) is 0 Å². The predicted molar refractivity (Wildman–Crippen MR) is 74.0 cm³/mol. The van der Waals surface area contributed by atoms with Gasteiger partial charge in [-0.3, -0.25) is 4.79 Å². The summed E-state index contributed by atoms with van der Waals surface area (Å²) in [6.07, 6.45) is 1.44. The number of hydrogen-bond donors (Lipinski definition) is 2. The third-order valence-corrected chi connectivity index (χ3v) is 3.03. The number of carboxylic acid groups (broad SMARTS) is 1. The minimum atomic E-state index is -1.07. The van der Waals surface area contributed by atoms with Gasteiger partial charge in [0.05, 0.1) is 28.8 Å². The molecule has 0 unspecified atom stereocenters. The molecule has 3 N–H and O–H groups in total. The smallest absolute Gasteiger partial charge is 0.335 e. The van der Waals surface area contributed by atoms with E-state index in [0.29, 0.717) is 17.0 Å². The molecule has 0 aliphatic heterocycles. The number of nitrogens with zero attached hydrogens (tertiary/aromatic N) is 1. The predicted octanol–water partition coefficient (Wildman–Crippen LogP) is 2.15. The van der Waals surface area contributed by atoms with Gasteiger partial charge >= 0.3 is 5.97 Å². The van der Waals surface area contributed by atoms with Crippen molar-refractivity contribution in [3.05, 3.63) is 47.4 Å². The zero-order valence-electron chi connectivity index (χ0n) is 11.1. The molecule has 104 valence electrons. The highest BCUT2D eigenvalue weighted by Crippen LogP contribution is 2.25. The van der Waals surface area contributed by atoms with Crippen molar-refractivity contribution >= 4 is 23.3 Å². The van der Waals surface area contributed by atoms with Crippen LogP contribution >= 0.6 is 0 Å². The average molecular weight is 274 g/mol. The van der Waals surface area contributed by atoms with Crippen LogP contribution in [0.2, 0.25) is 0 Å². The van der Waals surface area contributed by atoms with Gasteiger partial charge in [-0.25, -0.2) is 4.79 Å². The molecule has 0 bridgehead atoms. The number of carboxylic acids is 1. The Morgan fingerprint density at radius 1 is 1.30 bits per heavy atom. The molecule has 0 fully saturated rings. The Bertz CT molecular complexity index is 676. The molecule has 2 aromatic rings. The van der Waals surface area contributed by atoms with Crippen molar-refractivity contribution in [3.63, 3.8) is 0 Å². The van der Waals surface area contributed by atoms with Crippen LogP contribution in [0.3, 0.4) is 0 Å². The van der Waals surface area contributed by atoms with E-state index in [4.69, 9.17) is 15.3 Å². The maximum absolute atomic E-state index is 12.3. The van der Waals surface area contributed by atoms with E-state index in [0.717, 1.165) is 0 Å². The van der Waals surface area contributed by atoms with Gasteiger partial charge in [0.25, 0.3) is 5.91 Å². The molecule has 1 heterocycles. The van der Waals surface area contributed by atoms with E-state index in [1.54, 1.807) is 20.0 Å². The molecule has 2 rings (SSSR count). The van der Waals surface area contributed by atoms with E-state index in [9.17, 15) is 9.59 Å². The van der Waals surface area contributed by atoms with Crippen LogP contribution in [0.5, 0.6) is 0 Å². The fraction of sp³-hybridized carbons (Fsp3) is 0.143. The molecular formula is C14H14N2O4. The number of nitrogens with two attached hydrogens (primary N) is 1. The van der Waals surface area contributed by atoms with Crippen LogP contribution in [-0.2, 0) is 0 Å². The third kappa shape index (κ3) is 2.35. The average Bonchev–Trinajstić information content (AvgIpc) is 2.83. The number of nitrogen functional groups attached to an aromatic ring is 1. The first kappa shape index (κ1) is 13.7. The third-order valence-electron chi connectivity index (χ3n) is 3.03. The van der Waals surface area contributed by atoms with Crippen molar-refractivity contribution < 1.29 is 19.1 Å². The minimum Gasteiger partial charge on any atom is -0.478 e. The number of carbonyl (C=O) groups excluding carboxylic acids is 1. The summed E-state index contributed by atoms with van der Waals surface area (Å²) in [6.45, 7) is 1.69. The Balaban J connectivity index is 2.34. The van der Waals surface area contributed by atoms with Crippen LogP contribution in [0.15, 0.2) is 34.9 Å². The quantitative estimate of drug-likeness (QED) is 0.836. The molecule has 0 aliphatic rings. The second-order valence-corrected chi connectivity index (χ2v) is 4.33. The maximum atomic E-state index is 12.3. The monoisotopic (exact) mass is 274 g/mol. The number of benzene rings is 1. The molecular weight excluding hydrogens is 260 g/mol. The molecule has 0 saturated carbocycles. The van der Waals surface area contributed by atoms with Crippen LogP contribution in [-0.4, -0.2) is 24.0 Å². The van der Waals surface area contributed by atoms with Crippen LogP contribution in [0.1, 0.15) is 26.5 Å². The molecule has 0 aliphatic carbocycles. The number of rotatable bonds is 3. The van der Waals surface area contributed by atoms with Crippen molar-refractivity contribution in [2.45, 2.75) is 6.92 Å². The summed E-state index contributed by atoms with van der Waals surface area (Å²) in [4.78, 5) is 24.5. The summed E-state index contributed by atoms with van der Waals surface area (Å²) in [5.74, 6) is -0.823. The lowest BCUT2D eigenvalue weighted by Crippen LogP contribution is -2.27. The number of aryl methyl sites for hydroxylation is 1. The first-order valence-corrected chi connectivity index (χ1v) is 5.86. The minimum absolute atomic E-state index is 0.0755. The Labute approximate surface area is 115 Å². The molecule has 1 aromatic heterocycles. The van der Waals surface area contributed by atoms with E-state index in [1.807, 2.05) is 0 Å². The highest BCUT2D eigenvalue weighted by atomic mass is 16.4. The SMILES string of the molecule is Cc1occc1C(=O)N(C)c1ccc(C(=O)O)cc1N. The summed E-state index contributed by atoms with van der Waals surface area (Å²) in [6, 6.07) is 5.81. The normalized spacial score (nSPS) is 10.3. The molecule has 1 amide bonds. The van der Waals surface area contributed by atoms with Gasteiger partial charge in [0.1, 0.15) is 5.76 Å². The number of aromatic carboxylic acids is 1. The molecule has 20 heavy (non-hydrogen) atoms. The second-order valence-electron chi connectivity index (χ2n) is 4.33. The van der Waals surface area contributed by atoms with Crippen molar-refractivity contribution in [2.75, 3.05) is 17.7 Å². The fourth-order valence-corrected chi connectivity index (χ4v) is 1.89. The largest absolute Gasteiger partial charge is 0.478 e. The molecule has 1 aromatic carbocycles. The Hall–Kier alpha value is -2.76. The fourth-order valence-electron chi connectivity index (χ4n) is 1.89. The van der Waals surface area contributed by atoms with Crippen molar-refractivity contribution in [1.82, 2.24) is 0 Å². The van der Waals surface area contributed by atoms with E-state index in [2.05, 4.69) is 0 Å². The van der Waals surface area contributed by atoms with Gasteiger partial charge in [0.15, 0.2) is 0 Å². The molecule has 6 nitrogen and oxygen atoms in total. The number of furan rings is 1. The van der Waals surface area contributed by atoms with Crippen LogP contribution < -0.4 is 10.6 Å². The van der Waals surface area contributed by atoms with Crippen molar-refractivity contribution in [1.29, 1.82) is 0 Å². The first-order chi connectivity index (χ1) is 9.41. The summed E-state index contributed by atoms with van der Waals surface area (Å²) >= 11 is 0. The van der Waals surface area contributed by atoms with Crippen LogP contribution in [0.4, 0.5) is 11.4 Å². The number of hydrogen-bond acceptors (Lipinski definition) is 4. The summed E-state index contributed by atoms with van der Waals surface area (Å²) < 4.78 is 5.10. The van der Waals surface area contributed by atoms with E-state index in [-0.39, 0.29) is 17.2 Å². The van der Waals surface area contributed by atoms with E-state index < -0.39 is 5.97 Å². The lowest BCUT2D eigenvalue weighted by atomic mass is 10.1. The molecule has 0 saturated heterocycles. The van der Waals surface area contributed by atoms with Gasteiger partial charge in [0.2, 0.25) is 0 Å². The zero-order valence-corrected chi connectivity index (χ0v) is 11.1. The highest BCUT2D eigenvalue weighted by molar-refractivity contribution is 6.08. The van der Waals surface area contributed by atoms with Gasteiger partial charge in [-0.1, -0.05) is 0 Å². The highest BCUT2D eigenvalue weighted by Gasteiger charge is 2.19. The molecule has 6 heteroatoms. The van der Waals surface area contributed by atoms with Crippen LogP contribution in [0.25, 0.3) is 0 Å². The van der Waals surface area contributed by atoms with Gasteiger partial charge in [-0.15, -0.1) is 0 Å². The van der Waals surface area contributed by atoms with Crippen LogP contribution in [0, 0.1) is 6.92 Å². The topological polar surface area (TPSA) is 96.8 Å². The Morgan fingerprint density at radius 2 is 2.00 bits per heavy atom. The summed E-state index contributed by atoms with van der Waals surface area (Å²) in [5, 5.41) is 8.89. The van der Waals surface area contributed by atoms with Crippen molar-refractivity contribution in [2.24, 2.45) is 0 Å². The number of carbonyl (C=O) groups is 2. The second kappa shape index (κ2) is 5.08. The standard InChI is InChI=1S/C14H14N2O4/c1-8-10(5-6-20-8)13(17)16(2)12-4-3-9(14(18)19)7-11(12)15/h3-7H,15H2,1-2H3,(H,18,19). The zero-order chi connectivity index (χ0) is 14.9. The lowest BCUT2D eigenvalue weighted by Gasteiger charge is -2.19. The maximum Gasteiger partial charge on any atom is 0.335 e. The van der Waals surface area contributed by atoms with Crippen molar-refractivity contribution in [3.8, 4) is 0 Å². The summed E-state index contributed by atoms with van der Waals surface area (Å²) in [5.41, 5.74) is 6.99. The summed E-state index contributed by atoms with van der Waals surface area (Å²) in [7, 11) is 1.57. The van der Waals surface area contributed by atoms with E-state index in [1.165, 1.54) is 29.4 Å². The van der Waals surface area contributed by atoms with Gasteiger partial charge < -0.3 is 20.2 Å². The number of amides is 1. The molecule has 0 spiro atoms. The van der Waals surface area contributed by atoms with E-state index >= 15 is 0 Å². The van der Waals surface area contributed by atoms with Gasteiger partial charge in [0, 0.05) is 7.05 Å². The molecule has 0 radical (unpaired) electrons. The van der Waals surface area contributed by atoms with Gasteiger partial charge in [-0.05, 0) is 31.2 Å². The number of anilines is 2. The lowest BCUT2D eigenvalue weighted by molar-refractivity contribution is 0.0697. The Kier molecular flexibility index (Phi) is 3.47. The first-order valence-electron chi connectivity index (χ1n) is 5.86. The molecule has 0 atom stereocenters.